The molecule has 0 radical (unpaired) electrons. The van der Waals surface area contributed by atoms with E-state index in [1.807, 2.05) is 6.07 Å². The highest BCUT2D eigenvalue weighted by molar-refractivity contribution is 7.71. The van der Waals surface area contributed by atoms with Crippen LogP contribution in [0.2, 0.25) is 0 Å². The Hall–Kier alpha value is -0.740. The van der Waals surface area contributed by atoms with E-state index in [1.165, 1.54) is 0 Å². The Balaban J connectivity index is 2.86. The summed E-state index contributed by atoms with van der Waals surface area (Å²) in [6, 6.07) is 1.92. The Morgan fingerprint density at radius 2 is 2.12 bits per heavy atom. The highest BCUT2D eigenvalue weighted by Gasteiger charge is 2.15. The van der Waals surface area contributed by atoms with Gasteiger partial charge in [0.1, 0.15) is 17.1 Å². The van der Waals surface area contributed by atoms with Crippen molar-refractivity contribution in [1.29, 1.82) is 0 Å². The number of rotatable bonds is 4. The second-order valence-corrected chi connectivity index (χ2v) is 5.30. The molecular weight excluding hydrogens is 220 g/mol. The molecular formula is C12H20N2OS. The fourth-order valence-electron chi connectivity index (χ4n) is 1.29. The zero-order valence-electron chi connectivity index (χ0n) is 10.5. The number of nitrogens with zero attached hydrogens (tertiary/aromatic N) is 1. The fraction of sp³-hybridized carbons (Fsp3) is 0.667. The molecule has 0 aromatic carbocycles. The predicted molar refractivity (Wildman–Crippen MR) is 68.1 cm³/mol. The average molecular weight is 240 g/mol. The van der Waals surface area contributed by atoms with E-state index in [0.717, 1.165) is 24.5 Å². The smallest absolute Gasteiger partial charge is 0.134 e. The summed E-state index contributed by atoms with van der Waals surface area (Å²) in [6.07, 6.45) is 1.01. The van der Waals surface area contributed by atoms with Gasteiger partial charge in [-0.05, 0) is 12.5 Å². The highest BCUT2D eigenvalue weighted by Crippen LogP contribution is 2.19. The van der Waals surface area contributed by atoms with Crippen molar-refractivity contribution in [2.75, 3.05) is 6.61 Å². The Labute approximate surface area is 102 Å². The number of aromatic amines is 1. The summed E-state index contributed by atoms with van der Waals surface area (Å²) >= 11 is 5.15. The maximum Gasteiger partial charge on any atom is 0.134 e. The van der Waals surface area contributed by atoms with Gasteiger partial charge < -0.3 is 9.72 Å². The zero-order valence-corrected chi connectivity index (χ0v) is 11.3. The molecule has 0 atom stereocenters. The van der Waals surface area contributed by atoms with Crippen LogP contribution in [0.5, 0.6) is 0 Å². The van der Waals surface area contributed by atoms with Gasteiger partial charge in [0.15, 0.2) is 0 Å². The number of nitrogens with one attached hydrogen (secondary N) is 1. The van der Waals surface area contributed by atoms with Gasteiger partial charge in [0.2, 0.25) is 0 Å². The van der Waals surface area contributed by atoms with Crippen molar-refractivity contribution in [3.05, 3.63) is 22.2 Å². The number of hydrogen-bond acceptors (Lipinski definition) is 3. The minimum atomic E-state index is 0.0516. The maximum atomic E-state index is 5.45. The van der Waals surface area contributed by atoms with Crippen LogP contribution in [-0.4, -0.2) is 16.6 Å². The van der Waals surface area contributed by atoms with E-state index < -0.39 is 0 Å². The van der Waals surface area contributed by atoms with Crippen molar-refractivity contribution < 1.29 is 4.74 Å². The van der Waals surface area contributed by atoms with Crippen LogP contribution in [0.1, 0.15) is 45.6 Å². The van der Waals surface area contributed by atoms with E-state index in [9.17, 15) is 0 Å². The SMILES string of the molecule is CCCOCc1nc(=S)cc(C(C)(C)C)[nH]1. The van der Waals surface area contributed by atoms with Crippen LogP contribution in [-0.2, 0) is 16.8 Å². The molecule has 1 aromatic heterocycles. The van der Waals surface area contributed by atoms with Crippen LogP contribution in [0.25, 0.3) is 0 Å². The van der Waals surface area contributed by atoms with Gasteiger partial charge in [-0.3, -0.25) is 0 Å². The van der Waals surface area contributed by atoms with Crippen molar-refractivity contribution >= 4 is 12.2 Å². The lowest BCUT2D eigenvalue weighted by molar-refractivity contribution is 0.115. The van der Waals surface area contributed by atoms with Crippen molar-refractivity contribution in [3.63, 3.8) is 0 Å². The standard InChI is InChI=1S/C12H20N2OS/c1-5-6-15-8-10-13-9(12(2,3)4)7-11(16)14-10/h7H,5-6,8H2,1-4H3,(H,13,14,16). The molecule has 1 aromatic rings. The molecule has 0 saturated heterocycles. The first-order valence-electron chi connectivity index (χ1n) is 5.62. The lowest BCUT2D eigenvalue weighted by atomic mass is 9.92. The molecule has 1 rings (SSSR count). The molecule has 16 heavy (non-hydrogen) atoms. The zero-order chi connectivity index (χ0) is 12.2. The molecule has 1 heterocycles. The van der Waals surface area contributed by atoms with Crippen LogP contribution in [0, 0.1) is 4.64 Å². The molecule has 0 aliphatic heterocycles. The summed E-state index contributed by atoms with van der Waals surface area (Å²) in [4.78, 5) is 7.53. The van der Waals surface area contributed by atoms with E-state index in [1.54, 1.807) is 0 Å². The summed E-state index contributed by atoms with van der Waals surface area (Å²) in [6.45, 7) is 9.77. The third-order valence-electron chi connectivity index (χ3n) is 2.19. The highest BCUT2D eigenvalue weighted by atomic mass is 32.1. The number of aromatic nitrogens is 2. The van der Waals surface area contributed by atoms with Crippen LogP contribution in [0.15, 0.2) is 6.07 Å². The summed E-state index contributed by atoms with van der Waals surface area (Å²) in [5, 5.41) is 0. The van der Waals surface area contributed by atoms with E-state index in [4.69, 9.17) is 17.0 Å². The summed E-state index contributed by atoms with van der Waals surface area (Å²) in [7, 11) is 0. The molecule has 3 nitrogen and oxygen atoms in total. The third-order valence-corrected chi connectivity index (χ3v) is 2.40. The Kier molecular flexibility index (Phi) is 4.62. The first kappa shape index (κ1) is 13.3. The minimum Gasteiger partial charge on any atom is -0.374 e. The van der Waals surface area contributed by atoms with Crippen molar-refractivity contribution in [1.82, 2.24) is 9.97 Å². The van der Waals surface area contributed by atoms with Gasteiger partial charge in [-0.2, -0.15) is 0 Å². The van der Waals surface area contributed by atoms with E-state index in [0.29, 0.717) is 11.2 Å². The van der Waals surface area contributed by atoms with Gasteiger partial charge in [-0.1, -0.05) is 39.9 Å². The molecule has 0 aliphatic rings. The Morgan fingerprint density at radius 1 is 1.44 bits per heavy atom. The quantitative estimate of drug-likeness (QED) is 0.647. The van der Waals surface area contributed by atoms with Crippen molar-refractivity contribution in [2.45, 2.75) is 46.1 Å². The molecule has 4 heteroatoms. The van der Waals surface area contributed by atoms with Crippen LogP contribution >= 0.6 is 12.2 Å². The fourth-order valence-corrected chi connectivity index (χ4v) is 1.52. The van der Waals surface area contributed by atoms with Gasteiger partial charge >= 0.3 is 0 Å². The molecule has 90 valence electrons. The molecule has 0 bridgehead atoms. The summed E-state index contributed by atoms with van der Waals surface area (Å²) < 4.78 is 6.08. The van der Waals surface area contributed by atoms with Crippen molar-refractivity contribution in [2.24, 2.45) is 0 Å². The monoisotopic (exact) mass is 240 g/mol. The second-order valence-electron chi connectivity index (χ2n) is 4.88. The molecule has 0 unspecified atom stereocenters. The van der Waals surface area contributed by atoms with Crippen molar-refractivity contribution in [3.8, 4) is 0 Å². The Morgan fingerprint density at radius 3 is 2.69 bits per heavy atom. The Bertz CT molecular complexity index is 393. The third kappa shape index (κ3) is 4.02. The lowest BCUT2D eigenvalue weighted by Crippen LogP contribution is -2.15. The second kappa shape index (κ2) is 5.55. The van der Waals surface area contributed by atoms with Crippen LogP contribution in [0.3, 0.4) is 0 Å². The first-order valence-corrected chi connectivity index (χ1v) is 6.02. The lowest BCUT2D eigenvalue weighted by Gasteiger charge is -2.19. The first-order chi connectivity index (χ1) is 7.43. The van der Waals surface area contributed by atoms with Gasteiger partial charge in [-0.15, -0.1) is 0 Å². The normalized spacial score (nSPS) is 11.8. The van der Waals surface area contributed by atoms with Crippen LogP contribution < -0.4 is 0 Å². The molecule has 0 aliphatic carbocycles. The predicted octanol–water partition coefficient (Wildman–Crippen LogP) is 3.36. The summed E-state index contributed by atoms with van der Waals surface area (Å²) in [5.74, 6) is 0.811. The van der Waals surface area contributed by atoms with Gasteiger partial charge in [0.25, 0.3) is 0 Å². The number of hydrogen-bond donors (Lipinski definition) is 1. The number of H-pyrrole nitrogens is 1. The molecule has 0 saturated carbocycles. The molecule has 1 N–H and O–H groups in total. The largest absolute Gasteiger partial charge is 0.374 e. The summed E-state index contributed by atoms with van der Waals surface area (Å²) in [5.41, 5.74) is 1.15. The topological polar surface area (TPSA) is 37.9 Å². The molecule has 0 spiro atoms. The van der Waals surface area contributed by atoms with E-state index in [2.05, 4.69) is 37.7 Å². The van der Waals surface area contributed by atoms with Gasteiger partial charge in [-0.25, -0.2) is 4.98 Å². The van der Waals surface area contributed by atoms with Gasteiger partial charge in [0.05, 0.1) is 0 Å². The number of ether oxygens (including phenoxy) is 1. The molecule has 0 amide bonds. The minimum absolute atomic E-state index is 0.0516. The van der Waals surface area contributed by atoms with E-state index >= 15 is 0 Å². The maximum absolute atomic E-state index is 5.45. The van der Waals surface area contributed by atoms with Gasteiger partial charge in [0, 0.05) is 17.7 Å². The van der Waals surface area contributed by atoms with E-state index in [-0.39, 0.29) is 5.41 Å². The molecule has 0 fully saturated rings. The van der Waals surface area contributed by atoms with Crippen LogP contribution in [0.4, 0.5) is 0 Å². The average Bonchev–Trinajstić information content (AvgIpc) is 2.16.